The molecule has 1 amide bonds. The Morgan fingerprint density at radius 1 is 1.53 bits per heavy atom. The zero-order valence-corrected chi connectivity index (χ0v) is 13.6. The fourth-order valence-electron chi connectivity index (χ4n) is 1.82. The molecule has 112 valence electrons. The maximum Gasteiger partial charge on any atom is 0.226 e. The highest BCUT2D eigenvalue weighted by molar-refractivity contribution is 5.85. The molecule has 1 unspecified atom stereocenters. The molecule has 0 bridgehead atoms. The third-order valence-corrected chi connectivity index (χ3v) is 2.76. The average Bonchev–Trinajstić information content (AvgIpc) is 2.71. The highest BCUT2D eigenvalue weighted by atomic mass is 35.5. The van der Waals surface area contributed by atoms with E-state index in [9.17, 15) is 4.79 Å². The van der Waals surface area contributed by atoms with Crippen molar-refractivity contribution in [1.82, 2.24) is 20.0 Å². The Hall–Kier alpha value is -0.780. The predicted octanol–water partition coefficient (Wildman–Crippen LogP) is 1.47. The summed E-state index contributed by atoms with van der Waals surface area (Å²) in [7, 11) is 3.74. The van der Waals surface area contributed by atoms with E-state index in [0.717, 1.165) is 12.1 Å². The minimum absolute atomic E-state index is 0. The molecule has 7 heteroatoms. The summed E-state index contributed by atoms with van der Waals surface area (Å²) in [6.07, 6.45) is 3.75. The van der Waals surface area contributed by atoms with Gasteiger partial charge in [0, 0.05) is 44.4 Å². The lowest BCUT2D eigenvalue weighted by molar-refractivity contribution is -0.135. The first-order valence-corrected chi connectivity index (χ1v) is 5.99. The topological polar surface area (TPSA) is 50.2 Å². The van der Waals surface area contributed by atoms with Crippen LogP contribution in [0.1, 0.15) is 19.4 Å². The van der Waals surface area contributed by atoms with Gasteiger partial charge in [0.1, 0.15) is 0 Å². The predicted molar refractivity (Wildman–Crippen MR) is 81.9 cm³/mol. The van der Waals surface area contributed by atoms with Gasteiger partial charge in [0.25, 0.3) is 0 Å². The summed E-state index contributed by atoms with van der Waals surface area (Å²) >= 11 is 0. The van der Waals surface area contributed by atoms with E-state index in [1.807, 2.05) is 39.0 Å². The fraction of sp³-hybridized carbons (Fsp3) is 0.667. The van der Waals surface area contributed by atoms with E-state index in [1.165, 1.54) is 0 Å². The van der Waals surface area contributed by atoms with Crippen LogP contribution < -0.4 is 5.32 Å². The van der Waals surface area contributed by atoms with Crippen molar-refractivity contribution < 1.29 is 4.79 Å². The molecular weight excluding hydrogens is 287 g/mol. The third-order valence-electron chi connectivity index (χ3n) is 2.76. The largest absolute Gasteiger partial charge is 0.338 e. The van der Waals surface area contributed by atoms with Crippen molar-refractivity contribution in [3.63, 3.8) is 0 Å². The molecule has 1 N–H and O–H groups in total. The van der Waals surface area contributed by atoms with Crippen molar-refractivity contribution >= 4 is 30.7 Å². The molecule has 1 heterocycles. The Bertz CT molecular complexity index is 370. The van der Waals surface area contributed by atoms with Gasteiger partial charge in [0.05, 0.1) is 6.20 Å². The number of carbonyl (C=O) groups excluding carboxylic acids is 1. The Balaban J connectivity index is 0. The zero-order chi connectivity index (χ0) is 12.8. The third kappa shape index (κ3) is 6.27. The van der Waals surface area contributed by atoms with Crippen LogP contribution in [0.5, 0.6) is 0 Å². The van der Waals surface area contributed by atoms with Crippen LogP contribution in [-0.4, -0.2) is 40.7 Å². The lowest BCUT2D eigenvalue weighted by Gasteiger charge is -2.23. The maximum atomic E-state index is 12.1. The Labute approximate surface area is 127 Å². The van der Waals surface area contributed by atoms with E-state index in [0.29, 0.717) is 13.1 Å². The second-order valence-electron chi connectivity index (χ2n) is 4.33. The number of amides is 1. The SMILES string of the molecule is CCN(Cc1cnn(C)c1)C(=O)C(C)CNC.Cl.Cl. The van der Waals surface area contributed by atoms with E-state index < -0.39 is 0 Å². The molecule has 0 aliphatic heterocycles. The standard InChI is InChI=1S/C12H22N4O.2ClH/c1-5-16(12(17)10(2)6-13-3)9-11-7-14-15(4)8-11;;/h7-8,10,13H,5-6,9H2,1-4H3;2*1H. The lowest BCUT2D eigenvalue weighted by Crippen LogP contribution is -2.37. The number of nitrogens with one attached hydrogen (secondary N) is 1. The molecule has 1 rings (SSSR count). The summed E-state index contributed by atoms with van der Waals surface area (Å²) in [6, 6.07) is 0. The molecule has 0 saturated carbocycles. The van der Waals surface area contributed by atoms with Gasteiger partial charge < -0.3 is 10.2 Å². The zero-order valence-electron chi connectivity index (χ0n) is 11.9. The van der Waals surface area contributed by atoms with Gasteiger partial charge in [-0.05, 0) is 14.0 Å². The molecule has 5 nitrogen and oxygen atoms in total. The molecule has 0 fully saturated rings. The Morgan fingerprint density at radius 3 is 2.58 bits per heavy atom. The smallest absolute Gasteiger partial charge is 0.226 e. The molecule has 0 aromatic carbocycles. The fourth-order valence-corrected chi connectivity index (χ4v) is 1.82. The van der Waals surface area contributed by atoms with Gasteiger partial charge in [-0.15, -0.1) is 24.8 Å². The average molecular weight is 311 g/mol. The highest BCUT2D eigenvalue weighted by Gasteiger charge is 2.19. The van der Waals surface area contributed by atoms with Crippen LogP contribution in [0.4, 0.5) is 0 Å². The van der Waals surface area contributed by atoms with Gasteiger partial charge >= 0.3 is 0 Å². The van der Waals surface area contributed by atoms with Gasteiger partial charge in [-0.25, -0.2) is 0 Å². The second kappa shape index (κ2) is 10.1. The minimum Gasteiger partial charge on any atom is -0.338 e. The van der Waals surface area contributed by atoms with Crippen LogP contribution in [0.3, 0.4) is 0 Å². The number of hydrogen-bond donors (Lipinski definition) is 1. The normalized spacial score (nSPS) is 11.2. The van der Waals surface area contributed by atoms with Crippen LogP contribution in [-0.2, 0) is 18.4 Å². The molecule has 0 radical (unpaired) electrons. The van der Waals surface area contributed by atoms with Crippen molar-refractivity contribution in [1.29, 1.82) is 0 Å². The van der Waals surface area contributed by atoms with Crippen LogP contribution in [0.25, 0.3) is 0 Å². The van der Waals surface area contributed by atoms with Crippen LogP contribution in [0.15, 0.2) is 12.4 Å². The summed E-state index contributed by atoms with van der Waals surface area (Å²) in [5.41, 5.74) is 1.07. The molecule has 0 aliphatic rings. The van der Waals surface area contributed by atoms with Crippen LogP contribution in [0.2, 0.25) is 0 Å². The molecule has 0 saturated heterocycles. The molecule has 1 atom stereocenters. The van der Waals surface area contributed by atoms with Crippen molar-refractivity contribution in [2.24, 2.45) is 13.0 Å². The van der Waals surface area contributed by atoms with Gasteiger partial charge in [0.15, 0.2) is 0 Å². The summed E-state index contributed by atoms with van der Waals surface area (Å²) < 4.78 is 1.75. The molecule has 1 aromatic rings. The van der Waals surface area contributed by atoms with Crippen molar-refractivity contribution in [3.05, 3.63) is 18.0 Å². The Kier molecular flexibility index (Phi) is 10.9. The number of nitrogens with zero attached hydrogens (tertiary/aromatic N) is 3. The van der Waals surface area contributed by atoms with Gasteiger partial charge in [-0.3, -0.25) is 9.48 Å². The van der Waals surface area contributed by atoms with Crippen molar-refractivity contribution in [2.75, 3.05) is 20.1 Å². The molecule has 1 aromatic heterocycles. The van der Waals surface area contributed by atoms with Crippen LogP contribution in [0, 0.1) is 5.92 Å². The van der Waals surface area contributed by atoms with Crippen LogP contribution >= 0.6 is 24.8 Å². The summed E-state index contributed by atoms with van der Waals surface area (Å²) in [5.74, 6) is 0.197. The summed E-state index contributed by atoms with van der Waals surface area (Å²) in [6.45, 7) is 6.02. The quantitative estimate of drug-likeness (QED) is 0.865. The van der Waals surface area contributed by atoms with Crippen molar-refractivity contribution in [2.45, 2.75) is 20.4 Å². The van der Waals surface area contributed by atoms with E-state index >= 15 is 0 Å². The number of carbonyl (C=O) groups is 1. The number of aromatic nitrogens is 2. The lowest BCUT2D eigenvalue weighted by atomic mass is 10.1. The minimum atomic E-state index is 0. The Morgan fingerprint density at radius 2 is 2.16 bits per heavy atom. The first-order valence-electron chi connectivity index (χ1n) is 5.99. The molecule has 19 heavy (non-hydrogen) atoms. The monoisotopic (exact) mass is 310 g/mol. The van der Waals surface area contributed by atoms with E-state index in [-0.39, 0.29) is 36.6 Å². The first kappa shape index (κ1) is 20.5. The summed E-state index contributed by atoms with van der Waals surface area (Å²) in [4.78, 5) is 14.0. The van der Waals surface area contributed by atoms with Gasteiger partial charge in [0.2, 0.25) is 5.91 Å². The number of aryl methyl sites for hydroxylation is 1. The van der Waals surface area contributed by atoms with E-state index in [4.69, 9.17) is 0 Å². The summed E-state index contributed by atoms with van der Waals surface area (Å²) in [5, 5.41) is 7.14. The molecule has 0 spiro atoms. The van der Waals surface area contributed by atoms with Gasteiger partial charge in [-0.1, -0.05) is 6.92 Å². The van der Waals surface area contributed by atoms with Crippen molar-refractivity contribution in [3.8, 4) is 0 Å². The van der Waals surface area contributed by atoms with E-state index in [1.54, 1.807) is 10.9 Å². The number of halogens is 2. The maximum absolute atomic E-state index is 12.1. The number of hydrogen-bond acceptors (Lipinski definition) is 3. The molecular formula is C12H24Cl2N4O. The molecule has 0 aliphatic carbocycles. The van der Waals surface area contributed by atoms with E-state index in [2.05, 4.69) is 10.4 Å². The van der Waals surface area contributed by atoms with Gasteiger partial charge in [-0.2, -0.15) is 5.10 Å². The second-order valence-corrected chi connectivity index (χ2v) is 4.33. The highest BCUT2D eigenvalue weighted by Crippen LogP contribution is 2.07. The first-order chi connectivity index (χ1) is 8.08. The number of rotatable bonds is 6.